The van der Waals surface area contributed by atoms with Gasteiger partial charge in [0.1, 0.15) is 5.52 Å². The van der Waals surface area contributed by atoms with Crippen LogP contribution in [0.2, 0.25) is 5.02 Å². The second-order valence-electron chi connectivity index (χ2n) is 5.07. The number of aryl methyl sites for hydroxylation is 1. The van der Waals surface area contributed by atoms with Crippen LogP contribution in [0.15, 0.2) is 53.6 Å². The van der Waals surface area contributed by atoms with Gasteiger partial charge in [0.2, 0.25) is 0 Å². The lowest BCUT2D eigenvalue weighted by atomic mass is 10.2. The fraction of sp³-hybridized carbons (Fsp3) is 0.0625. The Labute approximate surface area is 150 Å². The number of benzene rings is 2. The van der Waals surface area contributed by atoms with Gasteiger partial charge >= 0.3 is 0 Å². The molecule has 0 aliphatic heterocycles. The normalized spacial score (nSPS) is 11.1. The van der Waals surface area contributed by atoms with Crippen LogP contribution in [0.25, 0.3) is 10.9 Å². The van der Waals surface area contributed by atoms with Crippen LogP contribution < -0.4 is 4.72 Å². The largest absolute Gasteiger partial charge is 0.504 e. The third kappa shape index (κ3) is 3.40. The van der Waals surface area contributed by atoms with Crippen molar-refractivity contribution >= 4 is 50.6 Å². The van der Waals surface area contributed by atoms with Crippen molar-refractivity contribution in [2.75, 3.05) is 4.72 Å². The van der Waals surface area contributed by atoms with Crippen molar-refractivity contribution in [3.05, 3.63) is 59.2 Å². The minimum atomic E-state index is -3.77. The van der Waals surface area contributed by atoms with Crippen molar-refractivity contribution in [2.24, 2.45) is 0 Å². The van der Waals surface area contributed by atoms with E-state index >= 15 is 0 Å². The van der Waals surface area contributed by atoms with E-state index in [0.717, 1.165) is 5.56 Å². The predicted octanol–water partition coefficient (Wildman–Crippen LogP) is 4.12. The van der Waals surface area contributed by atoms with Gasteiger partial charge in [-0.15, -0.1) is 12.4 Å². The minimum Gasteiger partial charge on any atom is -0.504 e. The zero-order valence-corrected chi connectivity index (χ0v) is 14.9. The molecule has 2 N–H and O–H groups in total. The number of aromatic hydroxyl groups is 1. The number of nitrogens with zero attached hydrogens (tertiary/aromatic N) is 1. The minimum absolute atomic E-state index is 0. The molecule has 0 spiro atoms. The Morgan fingerprint density at radius 1 is 1.17 bits per heavy atom. The highest BCUT2D eigenvalue weighted by atomic mass is 35.5. The van der Waals surface area contributed by atoms with Gasteiger partial charge in [0.05, 0.1) is 15.6 Å². The van der Waals surface area contributed by atoms with Gasteiger partial charge in [-0.1, -0.05) is 29.3 Å². The van der Waals surface area contributed by atoms with E-state index in [1.165, 1.54) is 24.4 Å². The Bertz CT molecular complexity index is 990. The van der Waals surface area contributed by atoms with E-state index in [0.29, 0.717) is 5.39 Å². The van der Waals surface area contributed by atoms with Crippen LogP contribution in [0.4, 0.5) is 5.69 Å². The van der Waals surface area contributed by atoms with Crippen molar-refractivity contribution in [2.45, 2.75) is 11.8 Å². The van der Waals surface area contributed by atoms with E-state index in [4.69, 9.17) is 11.6 Å². The molecule has 0 aliphatic carbocycles. The molecule has 0 atom stereocenters. The van der Waals surface area contributed by atoms with Crippen LogP contribution in [0.1, 0.15) is 5.56 Å². The molecule has 1 aromatic heterocycles. The van der Waals surface area contributed by atoms with Crippen LogP contribution in [-0.2, 0) is 10.0 Å². The third-order valence-electron chi connectivity index (χ3n) is 3.40. The predicted molar refractivity (Wildman–Crippen MR) is 97.7 cm³/mol. The fourth-order valence-corrected chi connectivity index (χ4v) is 3.47. The average molecular weight is 385 g/mol. The Hall–Kier alpha value is -2.02. The van der Waals surface area contributed by atoms with Gasteiger partial charge in [-0.25, -0.2) is 8.42 Å². The van der Waals surface area contributed by atoms with Crippen molar-refractivity contribution in [1.29, 1.82) is 0 Å². The zero-order chi connectivity index (χ0) is 16.6. The summed E-state index contributed by atoms with van der Waals surface area (Å²) < 4.78 is 27.5. The van der Waals surface area contributed by atoms with Gasteiger partial charge in [0, 0.05) is 11.6 Å². The van der Waals surface area contributed by atoms with Gasteiger partial charge < -0.3 is 5.11 Å². The lowest BCUT2D eigenvalue weighted by Crippen LogP contribution is -2.13. The molecule has 0 radical (unpaired) electrons. The Morgan fingerprint density at radius 2 is 1.83 bits per heavy atom. The number of phenols is 1. The van der Waals surface area contributed by atoms with Gasteiger partial charge in [-0.05, 0) is 37.3 Å². The first kappa shape index (κ1) is 18.3. The van der Waals surface area contributed by atoms with Crippen LogP contribution in [0, 0.1) is 6.92 Å². The molecular weight excluding hydrogens is 371 g/mol. The summed E-state index contributed by atoms with van der Waals surface area (Å²) >= 11 is 5.96. The summed E-state index contributed by atoms with van der Waals surface area (Å²) in [6.45, 7) is 1.88. The summed E-state index contributed by atoms with van der Waals surface area (Å²) in [4.78, 5) is 4.19. The van der Waals surface area contributed by atoms with Crippen molar-refractivity contribution in [3.63, 3.8) is 0 Å². The molecule has 1 heterocycles. The molecule has 0 saturated carbocycles. The van der Waals surface area contributed by atoms with Crippen LogP contribution in [0.3, 0.4) is 0 Å². The summed E-state index contributed by atoms with van der Waals surface area (Å²) in [5.41, 5.74) is 1.46. The lowest BCUT2D eigenvalue weighted by molar-refractivity contribution is 0.480. The van der Waals surface area contributed by atoms with Gasteiger partial charge in [-0.3, -0.25) is 9.71 Å². The summed E-state index contributed by atoms with van der Waals surface area (Å²) in [7, 11) is -3.77. The molecule has 0 saturated heterocycles. The van der Waals surface area contributed by atoms with Gasteiger partial charge in [-0.2, -0.15) is 0 Å². The second-order valence-corrected chi connectivity index (χ2v) is 7.16. The van der Waals surface area contributed by atoms with Gasteiger partial charge in [0.25, 0.3) is 10.0 Å². The number of fused-ring (bicyclic) bond motifs is 1. The van der Waals surface area contributed by atoms with Crippen LogP contribution in [-0.4, -0.2) is 18.5 Å². The van der Waals surface area contributed by atoms with E-state index in [2.05, 4.69) is 9.71 Å². The Balaban J connectivity index is 0.00000208. The highest BCUT2D eigenvalue weighted by molar-refractivity contribution is 7.92. The summed E-state index contributed by atoms with van der Waals surface area (Å²) in [6.07, 6.45) is 1.50. The number of halogens is 2. The number of anilines is 1. The fourth-order valence-electron chi connectivity index (χ4n) is 2.20. The van der Waals surface area contributed by atoms with Crippen LogP contribution in [0.5, 0.6) is 5.75 Å². The van der Waals surface area contributed by atoms with E-state index in [9.17, 15) is 13.5 Å². The number of nitrogens with one attached hydrogen (secondary N) is 1. The maximum atomic E-state index is 12.5. The molecule has 3 rings (SSSR count). The highest BCUT2D eigenvalue weighted by Gasteiger charge is 2.18. The van der Waals surface area contributed by atoms with Crippen molar-refractivity contribution < 1.29 is 13.5 Å². The topological polar surface area (TPSA) is 79.3 Å². The molecular formula is C16H14Cl2N2O3S. The van der Waals surface area contributed by atoms with E-state index in [1.54, 1.807) is 24.3 Å². The number of pyridine rings is 1. The number of rotatable bonds is 3. The van der Waals surface area contributed by atoms with E-state index in [-0.39, 0.29) is 39.3 Å². The molecule has 0 fully saturated rings. The van der Waals surface area contributed by atoms with Crippen LogP contribution >= 0.6 is 24.0 Å². The number of aromatic nitrogens is 1. The summed E-state index contributed by atoms with van der Waals surface area (Å²) in [5, 5.41) is 10.4. The zero-order valence-electron chi connectivity index (χ0n) is 12.5. The first-order chi connectivity index (χ1) is 10.9. The second kappa shape index (κ2) is 6.84. The maximum absolute atomic E-state index is 12.5. The lowest BCUT2D eigenvalue weighted by Gasteiger charge is -2.12. The number of hydrogen-bond donors (Lipinski definition) is 2. The molecule has 0 amide bonds. The van der Waals surface area contributed by atoms with Crippen molar-refractivity contribution in [1.82, 2.24) is 4.98 Å². The molecule has 0 aliphatic rings. The monoisotopic (exact) mass is 384 g/mol. The molecule has 126 valence electrons. The molecule has 5 nitrogen and oxygen atoms in total. The maximum Gasteiger partial charge on any atom is 0.261 e. The standard InChI is InChI=1S/C16H13ClN2O3S.ClH/c1-10-4-6-11(7-5-10)23(21,22)19-14-9-13(17)16(20)15-12(14)3-2-8-18-15;/h2-9,19-20H,1H3;1H. The quantitative estimate of drug-likeness (QED) is 0.665. The Kier molecular flexibility index (Phi) is 5.22. The number of hydrogen-bond acceptors (Lipinski definition) is 4. The molecule has 2 aromatic carbocycles. The smallest absolute Gasteiger partial charge is 0.261 e. The summed E-state index contributed by atoms with van der Waals surface area (Å²) in [6, 6.07) is 11.2. The van der Waals surface area contributed by atoms with Gasteiger partial charge in [0.15, 0.2) is 5.75 Å². The molecule has 0 bridgehead atoms. The first-order valence-electron chi connectivity index (χ1n) is 6.74. The SMILES string of the molecule is Cc1ccc(S(=O)(=O)Nc2cc(Cl)c(O)c3ncccc23)cc1.Cl. The summed E-state index contributed by atoms with van der Waals surface area (Å²) in [5.74, 6) is -0.180. The molecule has 8 heteroatoms. The highest BCUT2D eigenvalue weighted by Crippen LogP contribution is 2.36. The third-order valence-corrected chi connectivity index (χ3v) is 5.06. The van der Waals surface area contributed by atoms with E-state index < -0.39 is 10.0 Å². The Morgan fingerprint density at radius 3 is 2.50 bits per heavy atom. The van der Waals surface area contributed by atoms with Crippen molar-refractivity contribution in [3.8, 4) is 5.75 Å². The number of phenolic OH excluding ortho intramolecular Hbond substituents is 1. The first-order valence-corrected chi connectivity index (χ1v) is 8.60. The molecule has 0 unspecified atom stereocenters. The molecule has 3 aromatic rings. The molecule has 24 heavy (non-hydrogen) atoms. The van der Waals surface area contributed by atoms with E-state index in [1.807, 2.05) is 6.92 Å². The average Bonchev–Trinajstić information content (AvgIpc) is 2.52. The number of sulfonamides is 1.